The third-order valence-corrected chi connectivity index (χ3v) is 2.81. The van der Waals surface area contributed by atoms with Crippen molar-refractivity contribution < 1.29 is 4.79 Å². The van der Waals surface area contributed by atoms with Gasteiger partial charge in [-0.15, -0.1) is 0 Å². The van der Waals surface area contributed by atoms with E-state index in [2.05, 4.69) is 5.32 Å². The van der Waals surface area contributed by atoms with Crippen LogP contribution in [-0.2, 0) is 4.79 Å². The van der Waals surface area contributed by atoms with Gasteiger partial charge in [0.05, 0.1) is 11.3 Å². The van der Waals surface area contributed by atoms with Crippen molar-refractivity contribution in [3.8, 4) is 0 Å². The number of aryl methyl sites for hydroxylation is 1. The fourth-order valence-corrected chi connectivity index (χ4v) is 1.71. The predicted octanol–water partition coefficient (Wildman–Crippen LogP) is 2.29. The number of primary amides is 1. The number of amides is 1. The number of nitrogens with two attached hydrogens (primary N) is 1. The summed E-state index contributed by atoms with van der Waals surface area (Å²) in [6, 6.07) is 7.90. The largest absolute Gasteiger partial charge is 0.366 e. The lowest BCUT2D eigenvalue weighted by Gasteiger charge is -2.11. The van der Waals surface area contributed by atoms with E-state index in [1.165, 1.54) is 5.56 Å². The summed E-state index contributed by atoms with van der Waals surface area (Å²) in [5.74, 6) is -0.587. The molecule has 4 heteroatoms. The summed E-state index contributed by atoms with van der Waals surface area (Å²) >= 11 is 0. The maximum atomic E-state index is 11.2. The molecule has 4 nitrogen and oxygen atoms in total. The van der Waals surface area contributed by atoms with Gasteiger partial charge in [-0.2, -0.15) is 0 Å². The number of rotatable bonds is 3. The van der Waals surface area contributed by atoms with E-state index in [1.54, 1.807) is 24.4 Å². The smallest absolute Gasteiger partial charge is 0.250 e. The molecule has 0 bridgehead atoms. The average molecular weight is 253 g/mol. The molecule has 96 valence electrons. The number of anilines is 1. The lowest BCUT2D eigenvalue weighted by atomic mass is 9.97. The van der Waals surface area contributed by atoms with E-state index in [0.717, 1.165) is 5.69 Å². The van der Waals surface area contributed by atoms with Crippen molar-refractivity contribution in [2.75, 3.05) is 5.32 Å². The highest BCUT2D eigenvalue weighted by molar-refractivity contribution is 6.28. The number of benzene rings is 1. The van der Waals surface area contributed by atoms with Gasteiger partial charge in [-0.1, -0.05) is 29.8 Å². The lowest BCUT2D eigenvalue weighted by Crippen LogP contribution is -2.22. The van der Waals surface area contributed by atoms with Crippen molar-refractivity contribution in [1.82, 2.24) is 0 Å². The summed E-state index contributed by atoms with van der Waals surface area (Å²) < 4.78 is 0. The summed E-state index contributed by atoms with van der Waals surface area (Å²) in [5, 5.41) is 11.0. The van der Waals surface area contributed by atoms with Gasteiger partial charge in [0.25, 0.3) is 5.91 Å². The Bertz CT molecular complexity index is 607. The fourth-order valence-electron chi connectivity index (χ4n) is 1.71. The summed E-state index contributed by atoms with van der Waals surface area (Å²) in [4.78, 5) is 11.2. The van der Waals surface area contributed by atoms with Gasteiger partial charge in [0, 0.05) is 17.5 Å². The molecule has 1 amide bonds. The van der Waals surface area contributed by atoms with Crippen LogP contribution in [0.3, 0.4) is 0 Å². The van der Waals surface area contributed by atoms with E-state index in [1.807, 2.05) is 31.2 Å². The Balaban J connectivity index is 2.15. The van der Waals surface area contributed by atoms with Gasteiger partial charge >= 0.3 is 0 Å². The maximum absolute atomic E-state index is 11.2. The highest BCUT2D eigenvalue weighted by Crippen LogP contribution is 2.15. The van der Waals surface area contributed by atoms with Gasteiger partial charge in [0.2, 0.25) is 0 Å². The molecule has 0 radical (unpaired) electrons. The summed E-state index contributed by atoms with van der Waals surface area (Å²) in [6.45, 7) is 2.02. The van der Waals surface area contributed by atoms with Crippen LogP contribution >= 0.6 is 0 Å². The normalized spacial score (nSPS) is 16.4. The van der Waals surface area contributed by atoms with Crippen LogP contribution in [0.5, 0.6) is 0 Å². The minimum Gasteiger partial charge on any atom is -0.366 e. The van der Waals surface area contributed by atoms with Gasteiger partial charge in [-0.25, -0.2) is 0 Å². The molecule has 0 heterocycles. The Morgan fingerprint density at radius 2 is 2.00 bits per heavy atom. The fraction of sp³-hybridized carbons (Fsp3) is 0.0667. The van der Waals surface area contributed by atoms with E-state index in [-0.39, 0.29) is 11.3 Å². The molecule has 0 saturated heterocycles. The first kappa shape index (κ1) is 12.8. The van der Waals surface area contributed by atoms with Crippen molar-refractivity contribution in [3.63, 3.8) is 0 Å². The van der Waals surface area contributed by atoms with Crippen LogP contribution in [0.2, 0.25) is 0 Å². The first-order valence-electron chi connectivity index (χ1n) is 5.89. The van der Waals surface area contributed by atoms with Crippen LogP contribution in [0, 0.1) is 12.3 Å². The Morgan fingerprint density at radius 3 is 2.63 bits per heavy atom. The van der Waals surface area contributed by atoms with E-state index in [0.29, 0.717) is 5.57 Å². The molecule has 1 aliphatic carbocycles. The molecular formula is C15H15N3O. The van der Waals surface area contributed by atoms with Crippen LogP contribution < -0.4 is 11.1 Å². The standard InChI is InChI=1S/C15H15N3O/c1-10-5-7-12(8-6-10)18-9-11-3-2-4-13(14(11)16)15(17)19/h2-9,16,18H,1H3,(H2,17,19)/b11-9-,16-14?. The molecule has 1 aromatic rings. The summed E-state index contributed by atoms with van der Waals surface area (Å²) in [7, 11) is 0. The molecule has 0 saturated carbocycles. The van der Waals surface area contributed by atoms with Gasteiger partial charge in [0.1, 0.15) is 0 Å². The predicted molar refractivity (Wildman–Crippen MR) is 77.0 cm³/mol. The molecular weight excluding hydrogens is 238 g/mol. The molecule has 1 aromatic carbocycles. The number of carbonyl (C=O) groups is 1. The molecule has 0 unspecified atom stereocenters. The van der Waals surface area contributed by atoms with Crippen molar-refractivity contribution in [2.45, 2.75) is 6.92 Å². The lowest BCUT2D eigenvalue weighted by molar-refractivity contribution is -0.114. The zero-order valence-corrected chi connectivity index (χ0v) is 10.6. The average Bonchev–Trinajstić information content (AvgIpc) is 2.39. The minimum absolute atomic E-state index is 0.134. The van der Waals surface area contributed by atoms with Crippen molar-refractivity contribution in [1.29, 1.82) is 5.41 Å². The van der Waals surface area contributed by atoms with Gasteiger partial charge in [-0.05, 0) is 25.1 Å². The molecule has 19 heavy (non-hydrogen) atoms. The molecule has 0 spiro atoms. The highest BCUT2D eigenvalue weighted by atomic mass is 16.1. The minimum atomic E-state index is -0.587. The zero-order valence-electron chi connectivity index (χ0n) is 10.6. The highest BCUT2D eigenvalue weighted by Gasteiger charge is 2.16. The Morgan fingerprint density at radius 1 is 1.32 bits per heavy atom. The maximum Gasteiger partial charge on any atom is 0.250 e. The Hall–Kier alpha value is -2.62. The van der Waals surface area contributed by atoms with E-state index in [4.69, 9.17) is 11.1 Å². The van der Waals surface area contributed by atoms with E-state index >= 15 is 0 Å². The Kier molecular flexibility index (Phi) is 3.61. The number of nitrogens with one attached hydrogen (secondary N) is 2. The topological polar surface area (TPSA) is 79.0 Å². The number of hydrogen-bond donors (Lipinski definition) is 3. The molecule has 1 aliphatic rings. The molecule has 0 fully saturated rings. The third kappa shape index (κ3) is 2.98. The van der Waals surface area contributed by atoms with E-state index in [9.17, 15) is 4.79 Å². The van der Waals surface area contributed by atoms with E-state index < -0.39 is 5.91 Å². The third-order valence-electron chi connectivity index (χ3n) is 2.81. The number of carbonyl (C=O) groups excluding carboxylic acids is 1. The molecule has 0 aromatic heterocycles. The second-order valence-corrected chi connectivity index (χ2v) is 4.29. The van der Waals surface area contributed by atoms with Crippen LogP contribution in [0.15, 0.2) is 59.8 Å². The van der Waals surface area contributed by atoms with Crippen molar-refractivity contribution >= 4 is 17.3 Å². The Labute approximate surface area is 111 Å². The first-order valence-corrected chi connectivity index (χ1v) is 5.89. The van der Waals surface area contributed by atoms with Crippen LogP contribution in [0.1, 0.15) is 5.56 Å². The second-order valence-electron chi connectivity index (χ2n) is 4.29. The zero-order chi connectivity index (χ0) is 13.8. The van der Waals surface area contributed by atoms with Gasteiger partial charge in [-0.3, -0.25) is 10.2 Å². The summed E-state index contributed by atoms with van der Waals surface area (Å²) in [6.07, 6.45) is 6.71. The van der Waals surface area contributed by atoms with Crippen LogP contribution in [-0.4, -0.2) is 11.6 Å². The number of hydrogen-bond acceptors (Lipinski definition) is 3. The van der Waals surface area contributed by atoms with Crippen LogP contribution in [0.4, 0.5) is 5.69 Å². The number of allylic oxidation sites excluding steroid dienone is 4. The van der Waals surface area contributed by atoms with Crippen molar-refractivity contribution in [2.24, 2.45) is 5.73 Å². The van der Waals surface area contributed by atoms with Crippen molar-refractivity contribution in [3.05, 3.63) is 65.4 Å². The summed E-state index contributed by atoms with van der Waals surface area (Å²) in [5.41, 5.74) is 8.30. The van der Waals surface area contributed by atoms with Crippen LogP contribution in [0.25, 0.3) is 0 Å². The van der Waals surface area contributed by atoms with Gasteiger partial charge in [0.15, 0.2) is 0 Å². The molecule has 2 rings (SSSR count). The van der Waals surface area contributed by atoms with Gasteiger partial charge < -0.3 is 11.1 Å². The molecule has 0 aliphatic heterocycles. The SMILES string of the molecule is Cc1ccc(N/C=C2/C=CC=C(C(N)=O)C2=N)cc1. The molecule has 4 N–H and O–H groups in total. The first-order chi connectivity index (χ1) is 9.08. The quantitative estimate of drug-likeness (QED) is 0.772. The second kappa shape index (κ2) is 5.35. The molecule has 0 atom stereocenters. The monoisotopic (exact) mass is 253 g/mol.